The number of hydrogen-bond donors (Lipinski definition) is 1. The van der Waals surface area contributed by atoms with Crippen LogP contribution in [-0.4, -0.2) is 51.4 Å². The zero-order valence-electron chi connectivity index (χ0n) is 29.1. The number of rotatable bonds is 9. The van der Waals surface area contributed by atoms with Crippen LogP contribution in [0, 0.1) is 22.5 Å². The average Bonchev–Trinajstić information content (AvgIpc) is 3.63. The van der Waals surface area contributed by atoms with E-state index in [0.29, 0.717) is 28.5 Å². The molecule has 0 bridgehead atoms. The van der Waals surface area contributed by atoms with Crippen LogP contribution >= 0.6 is 34.8 Å². The third-order valence-corrected chi connectivity index (χ3v) is 12.5. The Balaban J connectivity index is 1.61. The molecule has 1 fully saturated rings. The van der Waals surface area contributed by atoms with Gasteiger partial charge in [-0.2, -0.15) is 4.31 Å². The highest BCUT2D eigenvalue weighted by molar-refractivity contribution is 7.89. The molecule has 0 spiro atoms. The van der Waals surface area contributed by atoms with E-state index < -0.39 is 48.4 Å². The highest BCUT2D eigenvalue weighted by Gasteiger charge is 2.54. The van der Waals surface area contributed by atoms with Gasteiger partial charge in [-0.1, -0.05) is 85.0 Å². The van der Waals surface area contributed by atoms with Gasteiger partial charge >= 0.3 is 5.97 Å². The number of nitro benzene ring substituents is 1. The number of aromatic nitrogens is 2. The minimum Gasteiger partial charge on any atom is -0.478 e. The van der Waals surface area contributed by atoms with Crippen molar-refractivity contribution in [3.63, 3.8) is 0 Å². The van der Waals surface area contributed by atoms with E-state index in [1.165, 1.54) is 35.9 Å². The van der Waals surface area contributed by atoms with Gasteiger partial charge in [0.05, 0.1) is 26.0 Å². The van der Waals surface area contributed by atoms with Crippen LogP contribution in [0.15, 0.2) is 75.8 Å². The first-order valence-electron chi connectivity index (χ1n) is 16.3. The highest BCUT2D eigenvalue weighted by Crippen LogP contribution is 2.52. The lowest BCUT2D eigenvalue weighted by Crippen LogP contribution is -2.52. The maximum absolute atomic E-state index is 15.1. The quantitative estimate of drug-likeness (QED) is 0.0868. The van der Waals surface area contributed by atoms with E-state index in [0.717, 1.165) is 16.4 Å². The molecular weight excluding hydrogens is 767 g/mol. The molecule has 5 aromatic rings. The lowest BCUT2D eigenvalue weighted by Gasteiger charge is -2.45. The van der Waals surface area contributed by atoms with Crippen molar-refractivity contribution < 1.29 is 32.6 Å². The van der Waals surface area contributed by atoms with Crippen LogP contribution in [0.25, 0.3) is 28.2 Å². The molecule has 53 heavy (non-hydrogen) atoms. The fraction of sp³-hybridized carbons (Fsp3) is 0.270. The van der Waals surface area contributed by atoms with Crippen LogP contribution in [0.1, 0.15) is 67.3 Å². The van der Waals surface area contributed by atoms with Crippen LogP contribution in [0.3, 0.4) is 0 Å². The van der Waals surface area contributed by atoms with Gasteiger partial charge in [-0.05, 0) is 73.1 Å². The zero-order valence-corrected chi connectivity index (χ0v) is 32.2. The van der Waals surface area contributed by atoms with E-state index in [1.54, 1.807) is 58.2 Å². The van der Waals surface area contributed by atoms with Crippen molar-refractivity contribution in [2.45, 2.75) is 57.4 Å². The van der Waals surface area contributed by atoms with Gasteiger partial charge in [-0.15, -0.1) is 0 Å². The fourth-order valence-electron chi connectivity index (χ4n) is 6.82. The van der Waals surface area contributed by atoms with Crippen molar-refractivity contribution in [2.24, 2.45) is 5.41 Å². The number of sulfonamides is 1. The van der Waals surface area contributed by atoms with Crippen LogP contribution in [0.2, 0.25) is 15.1 Å². The largest absolute Gasteiger partial charge is 0.478 e. The fourth-order valence-corrected chi connectivity index (χ4v) is 9.50. The lowest BCUT2D eigenvalue weighted by molar-refractivity contribution is -0.387. The number of hydrogen-bond acceptors (Lipinski definition) is 8. The van der Waals surface area contributed by atoms with Crippen LogP contribution < -0.4 is 0 Å². The van der Waals surface area contributed by atoms with Crippen molar-refractivity contribution in [1.29, 1.82) is 0 Å². The molecule has 0 aliphatic heterocycles. The van der Waals surface area contributed by atoms with Crippen molar-refractivity contribution in [2.75, 3.05) is 7.05 Å². The molecule has 276 valence electrons. The monoisotopic (exact) mass is 798 g/mol. The average molecular weight is 800 g/mol. The Kier molecular flexibility index (Phi) is 9.88. The Morgan fingerprint density at radius 1 is 1.08 bits per heavy atom. The Hall–Kier alpha value is -4.53. The van der Waals surface area contributed by atoms with E-state index in [-0.39, 0.29) is 56.1 Å². The molecule has 16 heteroatoms. The van der Waals surface area contributed by atoms with Crippen molar-refractivity contribution in [1.82, 2.24) is 14.0 Å². The molecule has 1 aliphatic carbocycles. The maximum Gasteiger partial charge on any atom is 0.332 e. The number of aliphatic carboxylic acids is 1. The topological polar surface area (TPSA) is 166 Å². The molecule has 0 atom stereocenters. The number of halogens is 3. The summed E-state index contributed by atoms with van der Waals surface area (Å²) in [6.07, 6.45) is 4.08. The van der Waals surface area contributed by atoms with E-state index in [1.807, 2.05) is 0 Å². The number of fused-ring (bicyclic) bond motifs is 1. The van der Waals surface area contributed by atoms with Crippen LogP contribution in [-0.2, 0) is 20.4 Å². The number of nitrogens with zero attached hydrogens (tertiary/aromatic N) is 4. The normalized spacial score (nSPS) is 14.8. The summed E-state index contributed by atoms with van der Waals surface area (Å²) in [5.74, 6) is -1.86. The summed E-state index contributed by atoms with van der Waals surface area (Å²) in [4.78, 5) is 38.0. The predicted octanol–water partition coefficient (Wildman–Crippen LogP) is 9.38. The van der Waals surface area contributed by atoms with Gasteiger partial charge in [0.1, 0.15) is 11.3 Å². The van der Waals surface area contributed by atoms with E-state index in [9.17, 15) is 28.4 Å². The molecule has 6 rings (SSSR count). The number of carboxylic acid groups (broad SMARTS) is 1. The van der Waals surface area contributed by atoms with Gasteiger partial charge < -0.3 is 9.63 Å². The van der Waals surface area contributed by atoms with Gasteiger partial charge in [-0.25, -0.2) is 13.2 Å². The lowest BCUT2D eigenvalue weighted by atomic mass is 9.73. The first kappa shape index (κ1) is 38.2. The van der Waals surface area contributed by atoms with Crippen LogP contribution in [0.4, 0.5) is 5.69 Å². The molecule has 0 saturated heterocycles. The zero-order chi connectivity index (χ0) is 38.8. The molecule has 1 saturated carbocycles. The number of nitro groups is 1. The summed E-state index contributed by atoms with van der Waals surface area (Å²) in [7, 11) is -3.29. The molecule has 0 radical (unpaired) electrons. The SMILES string of the molecule is Cc1cn(C(=O)c2c(-c3c(Cl)cc(Cl)cc3Cl)noc2C2(N(C)S(=O)(=O)c3ccccc3[N+](=O)[O-])CCC2)c2cccc(/C=C(/C(=O)O)C(C)(C)C)c12. The summed E-state index contributed by atoms with van der Waals surface area (Å²) in [5.41, 5.74) is -1.11. The smallest absolute Gasteiger partial charge is 0.332 e. The van der Waals surface area contributed by atoms with E-state index in [4.69, 9.17) is 39.3 Å². The Bertz CT molecular complexity index is 2470. The number of para-hydroxylation sites is 1. The van der Waals surface area contributed by atoms with Gasteiger partial charge in [0.15, 0.2) is 10.7 Å². The minimum absolute atomic E-state index is 0.0456. The predicted molar refractivity (Wildman–Crippen MR) is 202 cm³/mol. The summed E-state index contributed by atoms with van der Waals surface area (Å²) >= 11 is 19.5. The first-order valence-corrected chi connectivity index (χ1v) is 18.9. The van der Waals surface area contributed by atoms with Gasteiger partial charge in [-0.3, -0.25) is 19.5 Å². The number of benzene rings is 3. The highest BCUT2D eigenvalue weighted by atomic mass is 35.5. The molecule has 2 heterocycles. The second kappa shape index (κ2) is 13.7. The molecule has 0 unspecified atom stereocenters. The second-order valence-corrected chi connectivity index (χ2v) is 17.1. The summed E-state index contributed by atoms with van der Waals surface area (Å²) in [6, 6.07) is 13.0. The molecule has 1 N–H and O–H groups in total. The third-order valence-electron chi connectivity index (χ3n) is 9.66. The number of aryl methyl sites for hydroxylation is 1. The summed E-state index contributed by atoms with van der Waals surface area (Å²) in [6.45, 7) is 7.16. The Labute approximate surface area is 319 Å². The molecule has 0 amide bonds. The van der Waals surface area contributed by atoms with Crippen molar-refractivity contribution in [3.05, 3.63) is 114 Å². The molecule has 2 aromatic heterocycles. The third kappa shape index (κ3) is 6.44. The minimum atomic E-state index is -4.57. The van der Waals surface area contributed by atoms with E-state index in [2.05, 4.69) is 5.16 Å². The molecule has 3 aromatic carbocycles. The standard InChI is InChI=1S/C37H33Cl3N4O8S/c1-20-19-43(27-12-8-10-21(29(20)27)16-23(35(46)47)36(2,3)4)34(45)31-32(30-24(39)17-22(38)18-25(30)40)41-52-33(31)37(14-9-15-37)42(5)53(50,51)28-13-7-6-11-26(28)44(48)49/h6-8,10-13,16-19H,9,14-15H2,1-5H3,(H,46,47)/b23-16-. The molecule has 12 nitrogen and oxygen atoms in total. The van der Waals surface area contributed by atoms with Crippen LogP contribution in [0.5, 0.6) is 0 Å². The maximum atomic E-state index is 15.1. The number of carbonyl (C=O) groups excluding carboxylic acids is 1. The summed E-state index contributed by atoms with van der Waals surface area (Å²) < 4.78 is 36.8. The number of carbonyl (C=O) groups is 2. The molecule has 1 aliphatic rings. The first-order chi connectivity index (χ1) is 24.8. The van der Waals surface area contributed by atoms with Gasteiger partial charge in [0.25, 0.3) is 21.6 Å². The molecular formula is C37H33Cl3N4O8S. The van der Waals surface area contributed by atoms with Crippen molar-refractivity contribution >= 4 is 79.4 Å². The van der Waals surface area contributed by atoms with Crippen molar-refractivity contribution in [3.8, 4) is 11.3 Å². The van der Waals surface area contributed by atoms with Gasteiger partial charge in [0, 0.05) is 40.9 Å². The summed E-state index contributed by atoms with van der Waals surface area (Å²) in [5, 5.41) is 27.1. The second-order valence-electron chi connectivity index (χ2n) is 13.9. The Morgan fingerprint density at radius 3 is 2.28 bits per heavy atom. The number of carboxylic acids is 1. The van der Waals surface area contributed by atoms with Gasteiger partial charge in [0.2, 0.25) is 0 Å². The van der Waals surface area contributed by atoms with E-state index >= 15 is 4.79 Å². The Morgan fingerprint density at radius 2 is 1.72 bits per heavy atom.